The zero-order valence-corrected chi connectivity index (χ0v) is 7.90. The Morgan fingerprint density at radius 3 is 2.64 bits per heavy atom. The van der Waals surface area contributed by atoms with Crippen molar-refractivity contribution in [2.24, 2.45) is 0 Å². The van der Waals surface area contributed by atoms with Crippen molar-refractivity contribution in [2.45, 2.75) is 30.8 Å². The maximum absolute atomic E-state index is 11.7. The molecule has 0 spiro atoms. The van der Waals surface area contributed by atoms with Gasteiger partial charge in [-0.15, -0.1) is 0 Å². The first-order valence-electron chi connectivity index (χ1n) is 5.08. The molecule has 0 amide bonds. The molecule has 2 fully saturated rings. The number of hydrogen-bond acceptors (Lipinski definition) is 2. The molecule has 2 bridgehead atoms. The molecule has 1 aromatic rings. The van der Waals surface area contributed by atoms with E-state index in [1.807, 2.05) is 30.3 Å². The summed E-state index contributed by atoms with van der Waals surface area (Å²) in [6.45, 7) is 0. The van der Waals surface area contributed by atoms with Crippen molar-refractivity contribution in [1.29, 1.82) is 0 Å². The smallest absolute Gasteiger partial charge is 0.316 e. The number of carbonyl (C=O) groups is 1. The Morgan fingerprint density at radius 2 is 2.07 bits per heavy atom. The molecule has 2 atom stereocenters. The van der Waals surface area contributed by atoms with Gasteiger partial charge in [0.1, 0.15) is 6.10 Å². The summed E-state index contributed by atoms with van der Waals surface area (Å²) in [5.41, 5.74) is 0.830. The van der Waals surface area contributed by atoms with Crippen molar-refractivity contribution in [3.8, 4) is 0 Å². The molecule has 1 saturated heterocycles. The highest BCUT2D eigenvalue weighted by atomic mass is 16.6. The lowest BCUT2D eigenvalue weighted by Crippen LogP contribution is -2.31. The predicted molar refractivity (Wildman–Crippen MR) is 51.9 cm³/mol. The highest BCUT2D eigenvalue weighted by Gasteiger charge is 2.55. The third-order valence-electron chi connectivity index (χ3n) is 3.46. The summed E-state index contributed by atoms with van der Waals surface area (Å²) in [6, 6.07) is 10.0. The molecule has 0 unspecified atom stereocenters. The van der Waals surface area contributed by atoms with Crippen LogP contribution in [0.5, 0.6) is 0 Å². The number of esters is 1. The third-order valence-corrected chi connectivity index (χ3v) is 3.46. The van der Waals surface area contributed by atoms with E-state index in [4.69, 9.17) is 4.74 Å². The van der Waals surface area contributed by atoms with Crippen molar-refractivity contribution < 1.29 is 9.53 Å². The molecule has 2 aliphatic rings. The minimum atomic E-state index is -0.300. The Bertz CT molecular complexity index is 371. The zero-order chi connectivity index (χ0) is 9.60. The van der Waals surface area contributed by atoms with Crippen LogP contribution >= 0.6 is 0 Å². The molecule has 1 aliphatic heterocycles. The Morgan fingerprint density at radius 1 is 1.29 bits per heavy atom. The summed E-state index contributed by atoms with van der Waals surface area (Å²) in [4.78, 5) is 11.7. The molecule has 72 valence electrons. The van der Waals surface area contributed by atoms with E-state index in [2.05, 4.69) is 0 Å². The fourth-order valence-electron chi connectivity index (χ4n) is 2.69. The van der Waals surface area contributed by atoms with Crippen LogP contribution in [0.25, 0.3) is 0 Å². The molecule has 2 heteroatoms. The van der Waals surface area contributed by atoms with Gasteiger partial charge < -0.3 is 4.74 Å². The maximum Gasteiger partial charge on any atom is 0.316 e. The molecule has 3 rings (SSSR count). The summed E-state index contributed by atoms with van der Waals surface area (Å²) in [6.07, 6.45) is 3.06. The molecular formula is C12H12O2. The molecule has 1 aliphatic carbocycles. The van der Waals surface area contributed by atoms with Gasteiger partial charge in [0.05, 0.1) is 5.41 Å². The van der Waals surface area contributed by atoms with E-state index in [-0.39, 0.29) is 17.5 Å². The zero-order valence-electron chi connectivity index (χ0n) is 7.90. The Balaban J connectivity index is 2.08. The number of rotatable bonds is 1. The van der Waals surface area contributed by atoms with E-state index in [0.29, 0.717) is 0 Å². The van der Waals surface area contributed by atoms with E-state index in [1.54, 1.807) is 0 Å². The first-order chi connectivity index (χ1) is 6.81. The minimum absolute atomic E-state index is 0.0139. The summed E-state index contributed by atoms with van der Waals surface area (Å²) in [5.74, 6) is -0.0139. The molecule has 14 heavy (non-hydrogen) atoms. The lowest BCUT2D eigenvalue weighted by Gasteiger charge is -2.23. The second kappa shape index (κ2) is 2.59. The third kappa shape index (κ3) is 0.884. The largest absolute Gasteiger partial charge is 0.462 e. The van der Waals surface area contributed by atoms with E-state index >= 15 is 0 Å². The van der Waals surface area contributed by atoms with Crippen molar-refractivity contribution >= 4 is 5.97 Å². The van der Waals surface area contributed by atoms with Crippen molar-refractivity contribution in [3.63, 3.8) is 0 Å². The molecule has 1 aromatic carbocycles. The van der Waals surface area contributed by atoms with Crippen LogP contribution < -0.4 is 0 Å². The molecule has 1 saturated carbocycles. The highest BCUT2D eigenvalue weighted by molar-refractivity contribution is 5.86. The summed E-state index contributed by atoms with van der Waals surface area (Å²) >= 11 is 0. The average Bonchev–Trinajstić information content (AvgIpc) is 2.77. The number of carbonyl (C=O) groups excluding carboxylic acids is 1. The van der Waals surface area contributed by atoms with Gasteiger partial charge in [0.25, 0.3) is 0 Å². The quantitative estimate of drug-likeness (QED) is 0.630. The van der Waals surface area contributed by atoms with E-state index in [1.165, 1.54) is 0 Å². The second-order valence-corrected chi connectivity index (χ2v) is 4.22. The van der Waals surface area contributed by atoms with Crippen molar-refractivity contribution in [2.75, 3.05) is 0 Å². The van der Waals surface area contributed by atoms with Crippen LogP contribution in [-0.2, 0) is 14.9 Å². The van der Waals surface area contributed by atoms with Gasteiger partial charge in [0.2, 0.25) is 0 Å². The SMILES string of the molecule is O=C1O[C@H]2CC[C@@]1(c1ccccc1)C2. The van der Waals surface area contributed by atoms with Crippen LogP contribution in [0.4, 0.5) is 0 Å². The van der Waals surface area contributed by atoms with E-state index < -0.39 is 0 Å². The number of hydrogen-bond donors (Lipinski definition) is 0. The normalized spacial score (nSPS) is 34.6. The Hall–Kier alpha value is -1.31. The molecule has 2 nitrogen and oxygen atoms in total. The standard InChI is InChI=1S/C12H12O2/c13-11-12(7-6-10(8-12)14-11)9-4-2-1-3-5-9/h1-5,10H,6-8H2/t10-,12-/m0/s1. The van der Waals surface area contributed by atoms with Crippen LogP contribution in [0.3, 0.4) is 0 Å². The maximum atomic E-state index is 11.7. The van der Waals surface area contributed by atoms with Gasteiger partial charge in [-0.25, -0.2) is 0 Å². The molecule has 1 heterocycles. The van der Waals surface area contributed by atoms with Crippen molar-refractivity contribution in [1.82, 2.24) is 0 Å². The fraction of sp³-hybridized carbons (Fsp3) is 0.417. The molecule has 0 N–H and O–H groups in total. The molecule has 0 radical (unpaired) electrons. The van der Waals surface area contributed by atoms with Crippen LogP contribution in [0.2, 0.25) is 0 Å². The predicted octanol–water partition coefficient (Wildman–Crippen LogP) is 2.03. The van der Waals surface area contributed by atoms with Crippen LogP contribution in [0, 0.1) is 0 Å². The van der Waals surface area contributed by atoms with Gasteiger partial charge in [-0.1, -0.05) is 30.3 Å². The summed E-state index contributed by atoms with van der Waals surface area (Å²) in [7, 11) is 0. The highest BCUT2D eigenvalue weighted by Crippen LogP contribution is 2.48. The monoisotopic (exact) mass is 188 g/mol. The molecular weight excluding hydrogens is 176 g/mol. The van der Waals surface area contributed by atoms with Gasteiger partial charge in [-0.05, 0) is 18.4 Å². The van der Waals surface area contributed by atoms with Gasteiger partial charge in [0.15, 0.2) is 0 Å². The Kier molecular flexibility index (Phi) is 1.49. The summed E-state index contributed by atoms with van der Waals surface area (Å²) < 4.78 is 5.28. The molecule has 0 aromatic heterocycles. The second-order valence-electron chi connectivity index (χ2n) is 4.22. The van der Waals surface area contributed by atoms with E-state index in [0.717, 1.165) is 24.8 Å². The van der Waals surface area contributed by atoms with Crippen LogP contribution in [0.1, 0.15) is 24.8 Å². The number of ether oxygens (including phenoxy) is 1. The van der Waals surface area contributed by atoms with E-state index in [9.17, 15) is 4.79 Å². The van der Waals surface area contributed by atoms with Crippen molar-refractivity contribution in [3.05, 3.63) is 35.9 Å². The first kappa shape index (κ1) is 8.04. The van der Waals surface area contributed by atoms with Gasteiger partial charge >= 0.3 is 5.97 Å². The number of benzene rings is 1. The van der Waals surface area contributed by atoms with Gasteiger partial charge in [-0.2, -0.15) is 0 Å². The fourth-order valence-corrected chi connectivity index (χ4v) is 2.69. The van der Waals surface area contributed by atoms with Crippen LogP contribution in [0.15, 0.2) is 30.3 Å². The van der Waals surface area contributed by atoms with Crippen LogP contribution in [-0.4, -0.2) is 12.1 Å². The topological polar surface area (TPSA) is 26.3 Å². The minimum Gasteiger partial charge on any atom is -0.462 e. The summed E-state index contributed by atoms with van der Waals surface area (Å²) in [5, 5.41) is 0. The lowest BCUT2D eigenvalue weighted by molar-refractivity contribution is -0.149. The van der Waals surface area contributed by atoms with Gasteiger partial charge in [-0.3, -0.25) is 4.79 Å². The lowest BCUT2D eigenvalue weighted by atomic mass is 9.80. The number of fused-ring (bicyclic) bond motifs is 2. The Labute approximate surface area is 82.9 Å². The average molecular weight is 188 g/mol. The first-order valence-corrected chi connectivity index (χ1v) is 5.08. The van der Waals surface area contributed by atoms with Gasteiger partial charge in [0, 0.05) is 6.42 Å².